The average molecular weight is 378 g/mol. The molecule has 1 N–H and O–H groups in total. The van der Waals surface area contributed by atoms with Crippen molar-refractivity contribution in [2.45, 2.75) is 26.5 Å². The molecule has 0 aromatic heterocycles. The molecule has 1 fully saturated rings. The predicted molar refractivity (Wildman–Crippen MR) is 110 cm³/mol. The quantitative estimate of drug-likeness (QED) is 0.785. The highest BCUT2D eigenvalue weighted by Gasteiger charge is 2.34. The normalized spacial score (nSPS) is 17.0. The van der Waals surface area contributed by atoms with Crippen LogP contribution < -0.4 is 10.1 Å². The van der Waals surface area contributed by atoms with Crippen LogP contribution in [0.15, 0.2) is 60.7 Å². The van der Waals surface area contributed by atoms with Crippen LogP contribution in [0.1, 0.15) is 25.0 Å². The van der Waals surface area contributed by atoms with E-state index >= 15 is 0 Å². The molecule has 0 radical (unpaired) electrons. The van der Waals surface area contributed by atoms with E-state index in [0.717, 1.165) is 16.9 Å². The molecule has 2 aromatic rings. The molecule has 5 heteroatoms. The molecule has 2 amide bonds. The summed E-state index contributed by atoms with van der Waals surface area (Å²) in [6, 6.07) is 17.2. The summed E-state index contributed by atoms with van der Waals surface area (Å²) in [6.45, 7) is 5.41. The van der Waals surface area contributed by atoms with Crippen molar-refractivity contribution < 1.29 is 14.3 Å². The molecule has 1 saturated heterocycles. The van der Waals surface area contributed by atoms with E-state index in [9.17, 15) is 9.59 Å². The van der Waals surface area contributed by atoms with E-state index in [4.69, 9.17) is 4.74 Å². The fourth-order valence-corrected chi connectivity index (χ4v) is 3.31. The largest absolute Gasteiger partial charge is 0.489 e. The zero-order valence-electron chi connectivity index (χ0n) is 16.3. The van der Waals surface area contributed by atoms with Gasteiger partial charge >= 0.3 is 0 Å². The molecule has 5 nitrogen and oxygen atoms in total. The van der Waals surface area contributed by atoms with Gasteiger partial charge in [0.15, 0.2) is 0 Å². The van der Waals surface area contributed by atoms with Crippen LogP contribution in [0.4, 0.5) is 0 Å². The van der Waals surface area contributed by atoms with Crippen molar-refractivity contribution in [1.29, 1.82) is 0 Å². The summed E-state index contributed by atoms with van der Waals surface area (Å²) < 4.78 is 5.84. The average Bonchev–Trinajstić information content (AvgIpc) is 2.71. The summed E-state index contributed by atoms with van der Waals surface area (Å²) in [6.07, 6.45) is 3.30. The van der Waals surface area contributed by atoms with E-state index < -0.39 is 6.04 Å². The molecule has 0 aliphatic carbocycles. The monoisotopic (exact) mass is 378 g/mol. The number of rotatable bonds is 6. The Morgan fingerprint density at radius 1 is 1.21 bits per heavy atom. The minimum atomic E-state index is -0.425. The lowest BCUT2D eigenvalue weighted by Gasteiger charge is -2.36. The van der Waals surface area contributed by atoms with Gasteiger partial charge in [-0.1, -0.05) is 56.3 Å². The van der Waals surface area contributed by atoms with Crippen LogP contribution in [0.5, 0.6) is 5.75 Å². The highest BCUT2D eigenvalue weighted by molar-refractivity contribution is 5.96. The lowest BCUT2D eigenvalue weighted by atomic mass is 9.99. The minimum Gasteiger partial charge on any atom is -0.489 e. The number of hydrogen-bond donors (Lipinski definition) is 1. The maximum absolute atomic E-state index is 12.7. The fraction of sp³-hybridized carbons (Fsp3) is 0.304. The van der Waals surface area contributed by atoms with Gasteiger partial charge in [-0.25, -0.2) is 0 Å². The first-order valence-corrected chi connectivity index (χ1v) is 9.58. The Bertz CT molecular complexity index is 846. The molecule has 146 valence electrons. The van der Waals surface area contributed by atoms with Crippen LogP contribution in [0.3, 0.4) is 0 Å². The molecule has 0 saturated carbocycles. The van der Waals surface area contributed by atoms with E-state index in [2.05, 4.69) is 5.32 Å². The first kappa shape index (κ1) is 19.7. The van der Waals surface area contributed by atoms with Crippen LogP contribution in [0, 0.1) is 5.92 Å². The number of benzene rings is 2. The van der Waals surface area contributed by atoms with Gasteiger partial charge in [0.2, 0.25) is 11.8 Å². The van der Waals surface area contributed by atoms with Gasteiger partial charge in [-0.3, -0.25) is 9.59 Å². The lowest BCUT2D eigenvalue weighted by Crippen LogP contribution is -2.58. The van der Waals surface area contributed by atoms with Gasteiger partial charge < -0.3 is 15.0 Å². The number of nitrogens with zero attached hydrogens (tertiary/aromatic N) is 1. The number of carbonyl (C=O) groups excluding carboxylic acids is 2. The van der Waals surface area contributed by atoms with Crippen LogP contribution >= 0.6 is 0 Å². The lowest BCUT2D eigenvalue weighted by molar-refractivity contribution is -0.141. The zero-order chi connectivity index (χ0) is 19.9. The summed E-state index contributed by atoms with van der Waals surface area (Å²) in [5.74, 6) is 0.576. The van der Waals surface area contributed by atoms with E-state index in [1.54, 1.807) is 11.0 Å². The van der Waals surface area contributed by atoms with Crippen LogP contribution in [0.25, 0.3) is 6.08 Å². The van der Waals surface area contributed by atoms with Crippen molar-refractivity contribution in [2.75, 3.05) is 13.1 Å². The van der Waals surface area contributed by atoms with Gasteiger partial charge in [0.1, 0.15) is 18.4 Å². The van der Waals surface area contributed by atoms with Crippen molar-refractivity contribution in [3.63, 3.8) is 0 Å². The molecule has 1 atom stereocenters. The Hall–Kier alpha value is -3.08. The highest BCUT2D eigenvalue weighted by atomic mass is 16.5. The maximum atomic E-state index is 12.7. The van der Waals surface area contributed by atoms with Crippen molar-refractivity contribution in [3.8, 4) is 5.75 Å². The number of nitrogens with one attached hydrogen (secondary N) is 1. The summed E-state index contributed by atoms with van der Waals surface area (Å²) in [4.78, 5) is 26.4. The second-order valence-corrected chi connectivity index (χ2v) is 7.19. The molecular formula is C23H26N2O3. The third kappa shape index (κ3) is 5.00. The van der Waals surface area contributed by atoms with Crippen LogP contribution in [0.2, 0.25) is 0 Å². The third-order valence-electron chi connectivity index (χ3n) is 4.70. The molecule has 2 aromatic carbocycles. The van der Waals surface area contributed by atoms with Gasteiger partial charge in [-0.2, -0.15) is 0 Å². The highest BCUT2D eigenvalue weighted by Crippen LogP contribution is 2.18. The van der Waals surface area contributed by atoms with E-state index in [1.165, 1.54) is 6.08 Å². The molecular weight excluding hydrogens is 352 g/mol. The first-order chi connectivity index (χ1) is 13.5. The van der Waals surface area contributed by atoms with Gasteiger partial charge in [-0.15, -0.1) is 0 Å². The Morgan fingerprint density at radius 2 is 2.00 bits per heavy atom. The topological polar surface area (TPSA) is 58.6 Å². The number of amides is 2. The number of ether oxygens (including phenoxy) is 1. The Kier molecular flexibility index (Phi) is 6.48. The number of hydrogen-bond acceptors (Lipinski definition) is 3. The molecule has 1 aliphatic heterocycles. The second kappa shape index (κ2) is 9.22. The Morgan fingerprint density at radius 3 is 2.75 bits per heavy atom. The molecule has 3 rings (SSSR count). The van der Waals surface area contributed by atoms with Crippen molar-refractivity contribution in [1.82, 2.24) is 10.2 Å². The second-order valence-electron chi connectivity index (χ2n) is 7.19. The number of piperazine rings is 1. The maximum Gasteiger partial charge on any atom is 0.247 e. The van der Waals surface area contributed by atoms with Gasteiger partial charge in [0.25, 0.3) is 0 Å². The van der Waals surface area contributed by atoms with Crippen molar-refractivity contribution >= 4 is 17.9 Å². The SMILES string of the molecule is CC(C)C1C(=O)NCCN1C(=O)C=Cc1cccc(OCc2ccccc2)c1. The third-order valence-corrected chi connectivity index (χ3v) is 4.70. The molecule has 28 heavy (non-hydrogen) atoms. The summed E-state index contributed by atoms with van der Waals surface area (Å²) >= 11 is 0. The van der Waals surface area contributed by atoms with E-state index in [0.29, 0.717) is 19.7 Å². The smallest absolute Gasteiger partial charge is 0.247 e. The van der Waals surface area contributed by atoms with Gasteiger partial charge in [-0.05, 0) is 35.3 Å². The van der Waals surface area contributed by atoms with Crippen molar-refractivity contribution in [3.05, 3.63) is 71.8 Å². The van der Waals surface area contributed by atoms with Crippen molar-refractivity contribution in [2.24, 2.45) is 5.92 Å². The molecule has 1 aliphatic rings. The van der Waals surface area contributed by atoms with Gasteiger partial charge in [0.05, 0.1) is 0 Å². The first-order valence-electron chi connectivity index (χ1n) is 9.58. The summed E-state index contributed by atoms with van der Waals surface area (Å²) in [5, 5.41) is 2.83. The molecule has 1 heterocycles. The Labute approximate surface area is 166 Å². The minimum absolute atomic E-state index is 0.0624. The van der Waals surface area contributed by atoms with Crippen LogP contribution in [-0.4, -0.2) is 35.8 Å². The molecule has 1 unspecified atom stereocenters. The van der Waals surface area contributed by atoms with Crippen LogP contribution in [-0.2, 0) is 16.2 Å². The zero-order valence-corrected chi connectivity index (χ0v) is 16.3. The summed E-state index contributed by atoms with van der Waals surface area (Å²) in [5.41, 5.74) is 1.98. The molecule has 0 spiro atoms. The van der Waals surface area contributed by atoms with E-state index in [1.807, 2.05) is 68.4 Å². The Balaban J connectivity index is 1.65. The molecule has 0 bridgehead atoms. The summed E-state index contributed by atoms with van der Waals surface area (Å²) in [7, 11) is 0. The van der Waals surface area contributed by atoms with E-state index in [-0.39, 0.29) is 17.7 Å². The standard InChI is InChI=1S/C23H26N2O3/c1-17(2)22-23(27)24-13-14-25(22)21(26)12-11-18-9-6-10-20(15-18)28-16-19-7-4-3-5-8-19/h3-12,15,17,22H,13-14,16H2,1-2H3,(H,24,27). The fourth-order valence-electron chi connectivity index (χ4n) is 3.31. The predicted octanol–water partition coefficient (Wildman–Crippen LogP) is 3.26. The van der Waals surface area contributed by atoms with Gasteiger partial charge in [0, 0.05) is 19.2 Å². The number of carbonyl (C=O) groups is 2.